The van der Waals surface area contributed by atoms with Crippen LogP contribution in [0.4, 0.5) is 5.69 Å². The number of hydrogen-bond donors (Lipinski definition) is 2. The zero-order valence-electron chi connectivity index (χ0n) is 14.9. The number of fused-ring (bicyclic) bond motifs is 1. The van der Waals surface area contributed by atoms with E-state index in [0.717, 1.165) is 35.7 Å². The lowest BCUT2D eigenvalue weighted by molar-refractivity contribution is -0.124. The summed E-state index contributed by atoms with van der Waals surface area (Å²) >= 11 is 0. The van der Waals surface area contributed by atoms with Gasteiger partial charge in [-0.05, 0) is 65.4 Å². The average molecular weight is 326 g/mol. The van der Waals surface area contributed by atoms with Crippen molar-refractivity contribution in [3.8, 4) is 0 Å². The SMILES string of the molecule is C=Nc1c(/C=C\C)cc(C)nc1C(C)(C)NC(=O)[C@H]1[C@@H]2CNC[C@@H]21. The second-order valence-electron chi connectivity index (χ2n) is 7.33. The molecule has 3 rings (SSSR count). The second-order valence-corrected chi connectivity index (χ2v) is 7.33. The van der Waals surface area contributed by atoms with E-state index in [4.69, 9.17) is 0 Å². The summed E-state index contributed by atoms with van der Waals surface area (Å²) in [4.78, 5) is 21.5. The fourth-order valence-electron chi connectivity index (χ4n) is 3.86. The second kappa shape index (κ2) is 6.13. The van der Waals surface area contributed by atoms with Gasteiger partial charge in [0.1, 0.15) is 0 Å². The van der Waals surface area contributed by atoms with Crippen molar-refractivity contribution in [2.45, 2.75) is 33.2 Å². The Bertz CT molecular complexity index is 698. The van der Waals surface area contributed by atoms with Crippen LogP contribution < -0.4 is 10.6 Å². The average Bonchev–Trinajstić information content (AvgIpc) is 3.00. The predicted molar refractivity (Wildman–Crippen MR) is 97.4 cm³/mol. The number of aliphatic imine (C=N–C) groups is 1. The van der Waals surface area contributed by atoms with Gasteiger partial charge in [-0.25, -0.2) is 0 Å². The zero-order valence-corrected chi connectivity index (χ0v) is 14.9. The fraction of sp³-hybridized carbons (Fsp3) is 0.526. The van der Waals surface area contributed by atoms with Crippen LogP contribution in [-0.2, 0) is 10.3 Å². The highest BCUT2D eigenvalue weighted by Crippen LogP contribution is 2.49. The molecule has 3 atom stereocenters. The minimum atomic E-state index is -0.597. The third kappa shape index (κ3) is 2.88. The van der Waals surface area contributed by atoms with Crippen molar-refractivity contribution in [3.05, 3.63) is 29.1 Å². The van der Waals surface area contributed by atoms with E-state index in [-0.39, 0.29) is 11.8 Å². The monoisotopic (exact) mass is 326 g/mol. The van der Waals surface area contributed by atoms with E-state index >= 15 is 0 Å². The van der Waals surface area contributed by atoms with E-state index in [9.17, 15) is 4.79 Å². The van der Waals surface area contributed by atoms with Gasteiger partial charge in [-0.2, -0.15) is 0 Å². The van der Waals surface area contributed by atoms with Crippen LogP contribution in [0.25, 0.3) is 6.08 Å². The van der Waals surface area contributed by atoms with Crippen molar-refractivity contribution < 1.29 is 4.79 Å². The molecule has 5 nitrogen and oxygen atoms in total. The molecule has 2 aliphatic rings. The Morgan fingerprint density at radius 2 is 2.12 bits per heavy atom. The Labute approximate surface area is 143 Å². The molecule has 128 valence electrons. The Hall–Kier alpha value is -2.01. The Kier molecular flexibility index (Phi) is 4.30. The van der Waals surface area contributed by atoms with Gasteiger partial charge in [0.25, 0.3) is 0 Å². The number of carbonyl (C=O) groups is 1. The standard InChI is InChI=1S/C19H26N4O/c1-6-7-12-8-11(2)22-17(16(12)20-5)19(3,4)23-18(24)15-13-9-21-10-14(13)15/h6-8,13-15,21H,5,9-10H2,1-4H3,(H,23,24)/b7-6-/t13-,14+,15+. The fourth-order valence-corrected chi connectivity index (χ4v) is 3.86. The number of carbonyl (C=O) groups excluding carboxylic acids is 1. The normalized spacial score (nSPS) is 25.6. The first-order chi connectivity index (χ1) is 11.4. The molecule has 1 aliphatic carbocycles. The molecule has 2 N–H and O–H groups in total. The van der Waals surface area contributed by atoms with Crippen LogP contribution in [0.5, 0.6) is 0 Å². The number of nitrogens with zero attached hydrogens (tertiary/aromatic N) is 2. The van der Waals surface area contributed by atoms with Crippen LogP contribution in [0.15, 0.2) is 17.1 Å². The van der Waals surface area contributed by atoms with E-state index in [2.05, 4.69) is 27.3 Å². The molecule has 1 saturated heterocycles. The number of rotatable bonds is 5. The van der Waals surface area contributed by atoms with Gasteiger partial charge in [0.2, 0.25) is 5.91 Å². The smallest absolute Gasteiger partial charge is 0.224 e. The molecule has 0 radical (unpaired) electrons. The maximum Gasteiger partial charge on any atom is 0.224 e. The summed E-state index contributed by atoms with van der Waals surface area (Å²) in [5.41, 5.74) is 2.79. The summed E-state index contributed by atoms with van der Waals surface area (Å²) in [5.74, 6) is 1.27. The molecule has 0 spiro atoms. The summed E-state index contributed by atoms with van der Waals surface area (Å²) in [6, 6.07) is 1.99. The van der Waals surface area contributed by atoms with Gasteiger partial charge in [-0.3, -0.25) is 14.8 Å². The molecular weight excluding hydrogens is 300 g/mol. The summed E-state index contributed by atoms with van der Waals surface area (Å²) in [5, 5.41) is 6.52. The molecular formula is C19H26N4O. The molecule has 2 heterocycles. The minimum Gasteiger partial charge on any atom is -0.345 e. The Morgan fingerprint density at radius 3 is 2.71 bits per heavy atom. The van der Waals surface area contributed by atoms with E-state index in [1.807, 2.05) is 45.9 Å². The number of aromatic nitrogens is 1. The van der Waals surface area contributed by atoms with Crippen molar-refractivity contribution in [1.82, 2.24) is 15.6 Å². The van der Waals surface area contributed by atoms with Crippen molar-refractivity contribution >= 4 is 24.4 Å². The van der Waals surface area contributed by atoms with Crippen LogP contribution in [0.2, 0.25) is 0 Å². The first kappa shape index (κ1) is 16.8. The quantitative estimate of drug-likeness (QED) is 0.817. The first-order valence-corrected chi connectivity index (χ1v) is 8.53. The lowest BCUT2D eigenvalue weighted by atomic mass is 9.94. The van der Waals surface area contributed by atoms with Gasteiger partial charge >= 0.3 is 0 Å². The maximum absolute atomic E-state index is 12.7. The van der Waals surface area contributed by atoms with Gasteiger partial charge in [-0.1, -0.05) is 12.2 Å². The Morgan fingerprint density at radius 1 is 1.46 bits per heavy atom. The molecule has 5 heteroatoms. The molecule has 1 aromatic heterocycles. The molecule has 0 aromatic carbocycles. The van der Waals surface area contributed by atoms with Gasteiger partial charge in [0.05, 0.1) is 16.9 Å². The van der Waals surface area contributed by atoms with Crippen molar-refractivity contribution in [1.29, 1.82) is 0 Å². The number of piperidine rings is 1. The number of nitrogens with one attached hydrogen (secondary N) is 2. The highest BCUT2D eigenvalue weighted by molar-refractivity contribution is 5.84. The van der Waals surface area contributed by atoms with Gasteiger partial charge in [0.15, 0.2) is 0 Å². The highest BCUT2D eigenvalue weighted by Gasteiger charge is 2.57. The molecule has 0 unspecified atom stereocenters. The molecule has 1 amide bonds. The summed E-state index contributed by atoms with van der Waals surface area (Å²) in [6.07, 6.45) is 3.97. The third-order valence-electron chi connectivity index (χ3n) is 5.08. The molecule has 2 fully saturated rings. The van der Waals surface area contributed by atoms with Crippen molar-refractivity contribution in [3.63, 3.8) is 0 Å². The van der Waals surface area contributed by atoms with E-state index < -0.39 is 5.54 Å². The number of hydrogen-bond acceptors (Lipinski definition) is 4. The topological polar surface area (TPSA) is 66.4 Å². The van der Waals surface area contributed by atoms with Crippen molar-refractivity contribution in [2.75, 3.05) is 13.1 Å². The van der Waals surface area contributed by atoms with E-state index in [0.29, 0.717) is 11.8 Å². The maximum atomic E-state index is 12.7. The summed E-state index contributed by atoms with van der Waals surface area (Å²) < 4.78 is 0. The largest absolute Gasteiger partial charge is 0.345 e. The zero-order chi connectivity index (χ0) is 17.5. The van der Waals surface area contributed by atoms with Crippen LogP contribution in [-0.4, -0.2) is 30.7 Å². The van der Waals surface area contributed by atoms with Crippen LogP contribution in [0.1, 0.15) is 37.7 Å². The molecule has 0 bridgehead atoms. The molecule has 1 saturated carbocycles. The molecule has 1 aliphatic heterocycles. The first-order valence-electron chi connectivity index (χ1n) is 8.53. The van der Waals surface area contributed by atoms with Gasteiger partial charge in [-0.15, -0.1) is 0 Å². The molecule has 24 heavy (non-hydrogen) atoms. The van der Waals surface area contributed by atoms with Crippen LogP contribution >= 0.6 is 0 Å². The van der Waals surface area contributed by atoms with Gasteiger partial charge in [0, 0.05) is 17.2 Å². The third-order valence-corrected chi connectivity index (χ3v) is 5.08. The highest BCUT2D eigenvalue weighted by atomic mass is 16.2. The van der Waals surface area contributed by atoms with E-state index in [1.54, 1.807) is 0 Å². The Balaban J connectivity index is 1.88. The molecule has 1 aromatic rings. The summed E-state index contributed by atoms with van der Waals surface area (Å²) in [7, 11) is 0. The van der Waals surface area contributed by atoms with Gasteiger partial charge < -0.3 is 10.6 Å². The predicted octanol–water partition coefficient (Wildman–Crippen LogP) is 2.57. The van der Waals surface area contributed by atoms with Crippen LogP contribution in [0, 0.1) is 24.7 Å². The summed E-state index contributed by atoms with van der Waals surface area (Å²) in [6.45, 7) is 13.5. The van der Waals surface area contributed by atoms with Crippen molar-refractivity contribution in [2.24, 2.45) is 22.7 Å². The lowest BCUT2D eigenvalue weighted by Crippen LogP contribution is -2.43. The number of allylic oxidation sites excluding steroid dienone is 1. The lowest BCUT2D eigenvalue weighted by Gasteiger charge is -2.28. The minimum absolute atomic E-state index is 0.127. The number of amides is 1. The number of aryl methyl sites for hydroxylation is 1. The van der Waals surface area contributed by atoms with Crippen LogP contribution in [0.3, 0.4) is 0 Å². The number of pyridine rings is 1. The van der Waals surface area contributed by atoms with E-state index in [1.165, 1.54) is 0 Å².